The first kappa shape index (κ1) is 25.2. The minimum atomic E-state index is -0.0716. The number of guanidine groups is 1. The minimum absolute atomic E-state index is 0. The first-order valence-corrected chi connectivity index (χ1v) is 10.8. The minimum Gasteiger partial charge on any atom is -0.482 e. The molecule has 3 rings (SSSR count). The van der Waals surface area contributed by atoms with Crippen LogP contribution in [0.5, 0.6) is 5.75 Å². The Bertz CT molecular complexity index is 766. The molecule has 1 amide bonds. The molecule has 0 unspecified atom stereocenters. The molecule has 2 aliphatic rings. The number of aliphatic imine (C=N–C) groups is 1. The van der Waals surface area contributed by atoms with Gasteiger partial charge in [-0.05, 0) is 51.2 Å². The molecule has 9 heteroatoms. The van der Waals surface area contributed by atoms with E-state index in [1.165, 1.54) is 0 Å². The normalized spacial score (nSPS) is 20.8. The predicted octanol–water partition coefficient (Wildman–Crippen LogP) is 2.71. The van der Waals surface area contributed by atoms with Crippen molar-refractivity contribution >= 4 is 47.5 Å². The van der Waals surface area contributed by atoms with Crippen LogP contribution in [0.2, 0.25) is 0 Å². The molecule has 1 aromatic carbocycles. The van der Waals surface area contributed by atoms with Gasteiger partial charge in [0.25, 0.3) is 5.91 Å². The number of para-hydroxylation sites is 2. The zero-order valence-electron chi connectivity index (χ0n) is 18.3. The number of carbonyl (C=O) groups is 2. The van der Waals surface area contributed by atoms with E-state index in [-0.39, 0.29) is 48.4 Å². The Kier molecular flexibility index (Phi) is 10.4. The number of amides is 1. The molecule has 1 aliphatic heterocycles. The Morgan fingerprint density at radius 2 is 2.00 bits per heavy atom. The lowest BCUT2D eigenvalue weighted by Gasteiger charge is -2.30. The highest BCUT2D eigenvalue weighted by molar-refractivity contribution is 14.0. The van der Waals surface area contributed by atoms with Crippen LogP contribution in [-0.4, -0.2) is 57.2 Å². The molecule has 172 valence electrons. The van der Waals surface area contributed by atoms with E-state index >= 15 is 0 Å². The van der Waals surface area contributed by atoms with Crippen LogP contribution in [0.1, 0.15) is 39.0 Å². The van der Waals surface area contributed by atoms with Gasteiger partial charge >= 0.3 is 5.97 Å². The van der Waals surface area contributed by atoms with Crippen LogP contribution in [-0.2, 0) is 14.3 Å². The lowest BCUT2D eigenvalue weighted by molar-refractivity contribution is -0.149. The first-order valence-electron chi connectivity index (χ1n) is 10.8. The Hall–Kier alpha value is -2.04. The molecule has 0 radical (unpaired) electrons. The highest BCUT2D eigenvalue weighted by Crippen LogP contribution is 2.31. The zero-order chi connectivity index (χ0) is 21.3. The van der Waals surface area contributed by atoms with E-state index < -0.39 is 0 Å². The van der Waals surface area contributed by atoms with Crippen molar-refractivity contribution in [3.63, 3.8) is 0 Å². The third kappa shape index (κ3) is 6.98. The van der Waals surface area contributed by atoms with Gasteiger partial charge in [-0.3, -0.25) is 14.6 Å². The van der Waals surface area contributed by atoms with Crippen molar-refractivity contribution in [1.29, 1.82) is 0 Å². The maximum Gasteiger partial charge on any atom is 0.308 e. The number of fused-ring (bicyclic) bond motifs is 1. The van der Waals surface area contributed by atoms with Gasteiger partial charge in [0, 0.05) is 26.2 Å². The fraction of sp³-hybridized carbons (Fsp3) is 0.591. The molecule has 1 heterocycles. The number of hydrogen-bond acceptors (Lipinski definition) is 5. The van der Waals surface area contributed by atoms with Crippen LogP contribution in [0.25, 0.3) is 0 Å². The van der Waals surface area contributed by atoms with Gasteiger partial charge in [0.1, 0.15) is 5.75 Å². The van der Waals surface area contributed by atoms with Crippen LogP contribution in [0, 0.1) is 5.92 Å². The second-order valence-electron chi connectivity index (χ2n) is 7.60. The molecular weight excluding hydrogens is 511 g/mol. The number of nitrogens with one attached hydrogen (secondary N) is 2. The van der Waals surface area contributed by atoms with E-state index in [1.54, 1.807) is 11.9 Å². The molecule has 0 bridgehead atoms. The molecule has 0 atom stereocenters. The SMILES string of the molecule is CCOC(=O)C1CCC(NC(=NC)NCCCN2C(=O)COc3ccccc32)CC1.I. The molecule has 1 aliphatic carbocycles. The average molecular weight is 544 g/mol. The van der Waals surface area contributed by atoms with Crippen molar-refractivity contribution in [2.45, 2.75) is 45.1 Å². The number of benzene rings is 1. The smallest absolute Gasteiger partial charge is 0.308 e. The van der Waals surface area contributed by atoms with Crippen LogP contribution in [0.3, 0.4) is 0 Å². The highest BCUT2D eigenvalue weighted by Gasteiger charge is 2.28. The number of carbonyl (C=O) groups excluding carboxylic acids is 2. The van der Waals surface area contributed by atoms with Crippen LogP contribution in [0.15, 0.2) is 29.3 Å². The summed E-state index contributed by atoms with van der Waals surface area (Å²) in [5.41, 5.74) is 0.828. The lowest BCUT2D eigenvalue weighted by Crippen LogP contribution is -2.46. The van der Waals surface area contributed by atoms with Gasteiger partial charge in [0.15, 0.2) is 12.6 Å². The lowest BCUT2D eigenvalue weighted by atomic mass is 9.86. The second-order valence-corrected chi connectivity index (χ2v) is 7.60. The van der Waals surface area contributed by atoms with Gasteiger partial charge in [0.2, 0.25) is 0 Å². The van der Waals surface area contributed by atoms with Crippen LogP contribution < -0.4 is 20.3 Å². The van der Waals surface area contributed by atoms with Gasteiger partial charge in [-0.1, -0.05) is 12.1 Å². The number of ether oxygens (including phenoxy) is 2. The summed E-state index contributed by atoms with van der Waals surface area (Å²) in [5, 5.41) is 6.77. The molecule has 1 saturated carbocycles. The molecule has 2 N–H and O–H groups in total. The van der Waals surface area contributed by atoms with Gasteiger partial charge in [0.05, 0.1) is 18.2 Å². The summed E-state index contributed by atoms with van der Waals surface area (Å²) in [5.74, 6) is 1.43. The third-order valence-electron chi connectivity index (χ3n) is 5.57. The molecular formula is C22H33IN4O4. The van der Waals surface area contributed by atoms with Crippen molar-refractivity contribution in [2.75, 3.05) is 38.3 Å². The van der Waals surface area contributed by atoms with E-state index in [2.05, 4.69) is 15.6 Å². The Balaban J connectivity index is 0.00000341. The summed E-state index contributed by atoms with van der Waals surface area (Å²) in [6.07, 6.45) is 4.31. The quantitative estimate of drug-likeness (QED) is 0.180. The first-order chi connectivity index (χ1) is 14.6. The van der Waals surface area contributed by atoms with Gasteiger partial charge < -0.3 is 25.0 Å². The molecule has 0 saturated heterocycles. The topological polar surface area (TPSA) is 92.3 Å². The zero-order valence-corrected chi connectivity index (χ0v) is 20.6. The van der Waals surface area contributed by atoms with Gasteiger partial charge in [-0.2, -0.15) is 0 Å². The van der Waals surface area contributed by atoms with Gasteiger partial charge in [-0.15, -0.1) is 24.0 Å². The van der Waals surface area contributed by atoms with E-state index in [0.717, 1.165) is 49.5 Å². The predicted molar refractivity (Wildman–Crippen MR) is 131 cm³/mol. The number of rotatable bonds is 7. The van der Waals surface area contributed by atoms with Crippen molar-refractivity contribution in [2.24, 2.45) is 10.9 Å². The van der Waals surface area contributed by atoms with Crippen LogP contribution in [0.4, 0.5) is 5.69 Å². The summed E-state index contributed by atoms with van der Waals surface area (Å²) in [7, 11) is 1.75. The summed E-state index contributed by atoms with van der Waals surface area (Å²) in [6, 6.07) is 7.91. The Morgan fingerprint density at radius 1 is 1.26 bits per heavy atom. The third-order valence-corrected chi connectivity index (χ3v) is 5.57. The van der Waals surface area contributed by atoms with Gasteiger partial charge in [-0.25, -0.2) is 0 Å². The largest absolute Gasteiger partial charge is 0.482 e. The maximum atomic E-state index is 12.2. The number of nitrogens with zero attached hydrogens (tertiary/aromatic N) is 2. The fourth-order valence-corrected chi connectivity index (χ4v) is 3.96. The maximum absolute atomic E-state index is 12.2. The van der Waals surface area contributed by atoms with Crippen molar-refractivity contribution in [3.05, 3.63) is 24.3 Å². The molecule has 31 heavy (non-hydrogen) atoms. The number of hydrogen-bond donors (Lipinski definition) is 2. The Morgan fingerprint density at radius 3 is 2.71 bits per heavy atom. The van der Waals surface area contributed by atoms with Crippen LogP contribution >= 0.6 is 24.0 Å². The molecule has 1 aromatic rings. The standard InChI is InChI=1S/C22H32N4O4.HI/c1-3-29-21(28)16-9-11-17(12-10-16)25-22(23-2)24-13-6-14-26-18-7-4-5-8-19(18)30-15-20(26)27;/h4-5,7-8,16-17H,3,6,9-15H2,1-2H3,(H2,23,24,25);1H. The molecule has 8 nitrogen and oxygen atoms in total. The number of halogens is 1. The second kappa shape index (κ2) is 12.7. The molecule has 0 aromatic heterocycles. The number of anilines is 1. The van der Waals surface area contributed by atoms with E-state index in [0.29, 0.717) is 25.7 Å². The molecule has 0 spiro atoms. The summed E-state index contributed by atoms with van der Waals surface area (Å²) < 4.78 is 10.6. The highest BCUT2D eigenvalue weighted by atomic mass is 127. The average Bonchev–Trinajstić information content (AvgIpc) is 2.77. The summed E-state index contributed by atoms with van der Waals surface area (Å²) >= 11 is 0. The van der Waals surface area contributed by atoms with E-state index in [9.17, 15) is 9.59 Å². The number of esters is 1. The summed E-state index contributed by atoms with van der Waals surface area (Å²) in [4.78, 5) is 30.2. The van der Waals surface area contributed by atoms with Crippen molar-refractivity contribution in [3.8, 4) is 5.75 Å². The fourth-order valence-electron chi connectivity index (χ4n) is 3.96. The van der Waals surface area contributed by atoms with E-state index in [4.69, 9.17) is 9.47 Å². The van der Waals surface area contributed by atoms with Crippen molar-refractivity contribution < 1.29 is 19.1 Å². The van der Waals surface area contributed by atoms with Crippen molar-refractivity contribution in [1.82, 2.24) is 10.6 Å². The van der Waals surface area contributed by atoms with E-state index in [1.807, 2.05) is 31.2 Å². The monoisotopic (exact) mass is 544 g/mol. The Labute approximate surface area is 201 Å². The molecule has 1 fully saturated rings. The summed E-state index contributed by atoms with van der Waals surface area (Å²) in [6.45, 7) is 3.68.